The smallest absolute Gasteiger partial charge is 0.0332 e. The van der Waals surface area contributed by atoms with Crippen LogP contribution in [-0.2, 0) is 0 Å². The molecule has 0 unspecified atom stereocenters. The molecule has 2 nitrogen and oxygen atoms in total. The quantitative estimate of drug-likeness (QED) is 0.251. The van der Waals surface area contributed by atoms with Crippen LogP contribution < -0.4 is 5.43 Å². The molecule has 0 fully saturated rings. The fourth-order valence-electron chi connectivity index (χ4n) is 1.52. The molecule has 0 amide bonds. The molecule has 0 bridgehead atoms. The van der Waals surface area contributed by atoms with Gasteiger partial charge in [-0.15, -0.1) is 6.58 Å². The van der Waals surface area contributed by atoms with E-state index in [4.69, 9.17) is 0 Å². The number of nitrogens with one attached hydrogen (secondary N) is 1. The van der Waals surface area contributed by atoms with Crippen LogP contribution in [-0.4, -0.2) is 25.4 Å². The van der Waals surface area contributed by atoms with Crippen LogP contribution in [0.2, 0.25) is 0 Å². The van der Waals surface area contributed by atoms with Crippen LogP contribution in [0.25, 0.3) is 0 Å². The van der Waals surface area contributed by atoms with Crippen molar-refractivity contribution in [2.24, 2.45) is 0 Å². The van der Waals surface area contributed by atoms with Gasteiger partial charge in [-0.3, -0.25) is 0 Å². The Kier molecular flexibility index (Phi) is 8.32. The predicted octanol–water partition coefficient (Wildman–Crippen LogP) is 4.31. The largest absolute Gasteiger partial charge is 0.324 e. The number of rotatable bonds is 8. The lowest BCUT2D eigenvalue weighted by molar-refractivity contribution is 0.176. The molecule has 0 aromatic heterocycles. The van der Waals surface area contributed by atoms with Crippen molar-refractivity contribution in [1.82, 2.24) is 10.4 Å². The van der Waals surface area contributed by atoms with Crippen LogP contribution in [0.3, 0.4) is 0 Å². The molecular weight excluding hydrogens is 438 g/mol. The summed E-state index contributed by atoms with van der Waals surface area (Å²) in [5.41, 5.74) is 4.24. The molecule has 0 aliphatic carbocycles. The minimum atomic E-state index is 0.307. The Hall–Kier alpha value is 0.700. The number of hydrogen-bond acceptors (Lipinski definition) is 2. The van der Waals surface area contributed by atoms with Gasteiger partial charge in [0.25, 0.3) is 0 Å². The molecule has 0 aliphatic rings. The maximum atomic E-state index is 3.88. The topological polar surface area (TPSA) is 15.3 Å². The summed E-state index contributed by atoms with van der Waals surface area (Å²) in [5.74, 6) is 0. The summed E-state index contributed by atoms with van der Waals surface area (Å²) >= 11 is 5.07. The maximum Gasteiger partial charge on any atom is 0.0332 e. The Morgan fingerprint density at radius 1 is 1.53 bits per heavy atom. The fourth-order valence-corrected chi connectivity index (χ4v) is 2.36. The highest BCUT2D eigenvalue weighted by atomic mass is 127. The number of hydrogen-bond donors (Lipinski definition) is 1. The van der Waals surface area contributed by atoms with Gasteiger partial charge in [0.15, 0.2) is 0 Å². The molecule has 0 spiro atoms. The van der Waals surface area contributed by atoms with Gasteiger partial charge in [-0.2, -0.15) is 0 Å². The lowest BCUT2D eigenvalue weighted by Crippen LogP contribution is -2.44. The molecular formula is C13H24I2N2. The zero-order valence-electron chi connectivity index (χ0n) is 11.3. The van der Waals surface area contributed by atoms with E-state index in [0.29, 0.717) is 13.4 Å². The third-order valence-electron chi connectivity index (χ3n) is 2.58. The van der Waals surface area contributed by atoms with Gasteiger partial charge in [0.05, 0.1) is 0 Å². The van der Waals surface area contributed by atoms with Gasteiger partial charge in [-0.1, -0.05) is 57.8 Å². The molecule has 1 N–H and O–H groups in total. The molecule has 0 saturated carbocycles. The predicted molar refractivity (Wildman–Crippen MR) is 94.8 cm³/mol. The van der Waals surface area contributed by atoms with E-state index in [2.05, 4.69) is 89.7 Å². The van der Waals surface area contributed by atoms with Gasteiger partial charge in [-0.25, -0.2) is 5.01 Å². The lowest BCUT2D eigenvalue weighted by atomic mass is 10.0. The van der Waals surface area contributed by atoms with Crippen molar-refractivity contribution in [3.63, 3.8) is 0 Å². The number of nitrogens with zero attached hydrogens (tertiary/aromatic N) is 1. The normalized spacial score (nSPS) is 15.5. The van der Waals surface area contributed by atoms with Crippen molar-refractivity contribution in [3.05, 3.63) is 24.9 Å². The minimum Gasteiger partial charge on any atom is -0.324 e. The Labute approximate surface area is 134 Å². The summed E-state index contributed by atoms with van der Waals surface area (Å²) in [4.78, 5) is 0. The van der Waals surface area contributed by atoms with Gasteiger partial charge in [0.1, 0.15) is 0 Å². The van der Waals surface area contributed by atoms with Crippen LogP contribution in [0.15, 0.2) is 24.9 Å². The average Bonchev–Trinajstić information content (AvgIpc) is 2.14. The van der Waals surface area contributed by atoms with Crippen LogP contribution in [0.5, 0.6) is 0 Å². The highest BCUT2D eigenvalue weighted by Gasteiger charge is 2.27. The van der Waals surface area contributed by atoms with E-state index in [9.17, 15) is 0 Å². The third kappa shape index (κ3) is 7.66. The van der Waals surface area contributed by atoms with Crippen molar-refractivity contribution in [2.75, 3.05) is 7.05 Å². The van der Waals surface area contributed by atoms with E-state index >= 15 is 0 Å². The van der Waals surface area contributed by atoms with Crippen LogP contribution in [0.1, 0.15) is 33.6 Å². The average molecular weight is 462 g/mol. The molecule has 0 aliphatic heterocycles. The summed E-state index contributed by atoms with van der Waals surface area (Å²) in [6, 6.07) is 0.458. The zero-order chi connectivity index (χ0) is 13.6. The number of allylic oxidation sites excluding steroid dienone is 1. The van der Waals surface area contributed by atoms with Crippen molar-refractivity contribution in [3.8, 4) is 0 Å². The second-order valence-corrected chi connectivity index (χ2v) is 9.23. The zero-order valence-corrected chi connectivity index (χ0v) is 15.6. The van der Waals surface area contributed by atoms with Gasteiger partial charge >= 0.3 is 0 Å². The molecule has 100 valence electrons. The summed E-state index contributed by atoms with van der Waals surface area (Å²) in [5, 5.41) is 2.15. The first-order valence-corrected chi connectivity index (χ1v) is 8.09. The SMILES string of the molecule is C=CC[C@H](C[C@@H](I)C(C)(C)I)N(C)NC(=C)C. The minimum absolute atomic E-state index is 0.307. The summed E-state index contributed by atoms with van der Waals surface area (Å²) in [6.07, 6.45) is 4.12. The van der Waals surface area contributed by atoms with Crippen molar-refractivity contribution in [2.45, 2.75) is 47.0 Å². The van der Waals surface area contributed by atoms with E-state index in [1.54, 1.807) is 0 Å². The van der Waals surface area contributed by atoms with E-state index in [0.717, 1.165) is 18.5 Å². The Bertz CT molecular complexity index is 259. The molecule has 0 heterocycles. The summed E-state index contributed by atoms with van der Waals surface area (Å²) < 4.78 is 0.932. The van der Waals surface area contributed by atoms with E-state index < -0.39 is 0 Å². The molecule has 2 atom stereocenters. The van der Waals surface area contributed by atoms with Crippen molar-refractivity contribution >= 4 is 45.2 Å². The molecule has 4 heteroatoms. The van der Waals surface area contributed by atoms with E-state index in [-0.39, 0.29) is 0 Å². The third-order valence-corrected chi connectivity index (χ3v) is 6.59. The van der Waals surface area contributed by atoms with Crippen LogP contribution in [0.4, 0.5) is 0 Å². The fraction of sp³-hybridized carbons (Fsp3) is 0.692. The van der Waals surface area contributed by atoms with E-state index in [1.165, 1.54) is 0 Å². The first-order valence-electron chi connectivity index (χ1n) is 5.77. The Morgan fingerprint density at radius 2 is 2.06 bits per heavy atom. The number of alkyl halides is 2. The lowest BCUT2D eigenvalue weighted by Gasteiger charge is -2.33. The number of hydrazine groups is 1. The summed E-state index contributed by atoms with van der Waals surface area (Å²) in [7, 11) is 2.08. The molecule has 0 rings (SSSR count). The van der Waals surface area contributed by atoms with Gasteiger partial charge in [-0.05, 0) is 33.6 Å². The van der Waals surface area contributed by atoms with Crippen molar-refractivity contribution < 1.29 is 0 Å². The summed E-state index contributed by atoms with van der Waals surface area (Å²) in [6.45, 7) is 14.3. The molecule has 0 aromatic rings. The molecule has 0 saturated heterocycles. The van der Waals surface area contributed by atoms with Gasteiger partial charge in [0.2, 0.25) is 0 Å². The first-order chi connectivity index (χ1) is 7.68. The second kappa shape index (κ2) is 7.99. The van der Waals surface area contributed by atoms with Crippen molar-refractivity contribution in [1.29, 1.82) is 0 Å². The number of halogens is 2. The highest BCUT2D eigenvalue weighted by Crippen LogP contribution is 2.32. The Morgan fingerprint density at radius 3 is 2.41 bits per heavy atom. The molecule has 17 heavy (non-hydrogen) atoms. The highest BCUT2D eigenvalue weighted by molar-refractivity contribution is 14.1. The van der Waals surface area contributed by atoms with Crippen LogP contribution in [0, 0.1) is 0 Å². The van der Waals surface area contributed by atoms with Gasteiger partial charge in [0, 0.05) is 26.1 Å². The van der Waals surface area contributed by atoms with Crippen LogP contribution >= 0.6 is 45.2 Å². The second-order valence-electron chi connectivity index (χ2n) is 4.95. The molecule has 0 radical (unpaired) electrons. The maximum absolute atomic E-state index is 3.88. The van der Waals surface area contributed by atoms with E-state index in [1.807, 2.05) is 13.0 Å². The monoisotopic (exact) mass is 462 g/mol. The van der Waals surface area contributed by atoms with Gasteiger partial charge < -0.3 is 5.43 Å². The molecule has 0 aromatic carbocycles. The first kappa shape index (κ1) is 17.7. The standard InChI is InChI=1S/C13H24I2N2/c1-7-8-11(17(6)16-10(2)3)9-12(14)13(4,5)15/h7,11-12,16H,1-2,8-9H2,3-6H3/t11-,12-/m1/s1. The Balaban J connectivity index is 4.52.